The van der Waals surface area contributed by atoms with E-state index in [4.69, 9.17) is 9.97 Å². The van der Waals surface area contributed by atoms with Crippen LogP contribution in [-0.2, 0) is 18.3 Å². The summed E-state index contributed by atoms with van der Waals surface area (Å²) in [6.45, 7) is 3.52. The monoisotopic (exact) mass is 385 g/mol. The average Bonchev–Trinajstić information content (AvgIpc) is 3.55. The van der Waals surface area contributed by atoms with Gasteiger partial charge in [0.2, 0.25) is 0 Å². The van der Waals surface area contributed by atoms with Crippen LogP contribution in [-0.4, -0.2) is 39.6 Å². The smallest absolute Gasteiger partial charge is 0.115 e. The molecule has 1 aromatic heterocycles. The van der Waals surface area contributed by atoms with E-state index in [0.29, 0.717) is 11.7 Å². The van der Waals surface area contributed by atoms with Crippen LogP contribution in [0, 0.1) is 11.8 Å². The van der Waals surface area contributed by atoms with Gasteiger partial charge in [-0.25, -0.2) is 9.97 Å². The Kier molecular flexibility index (Phi) is 3.92. The van der Waals surface area contributed by atoms with Crippen LogP contribution in [0.25, 0.3) is 11.0 Å². The molecule has 0 bridgehead atoms. The summed E-state index contributed by atoms with van der Waals surface area (Å²) in [5.74, 6) is 1.80. The molecule has 3 aromatic rings. The van der Waals surface area contributed by atoms with Crippen molar-refractivity contribution in [2.75, 3.05) is 19.6 Å². The van der Waals surface area contributed by atoms with E-state index in [1.807, 2.05) is 24.3 Å². The Balaban J connectivity index is 1.44. The molecule has 3 aliphatic rings. The zero-order chi connectivity index (χ0) is 19.4. The predicted octanol–water partition coefficient (Wildman–Crippen LogP) is 4.10. The van der Waals surface area contributed by atoms with Gasteiger partial charge < -0.3 is 10.0 Å². The first kappa shape index (κ1) is 17.4. The van der Waals surface area contributed by atoms with Crippen molar-refractivity contribution in [2.24, 2.45) is 11.8 Å². The lowest BCUT2D eigenvalue weighted by Crippen LogP contribution is -2.54. The zero-order valence-corrected chi connectivity index (χ0v) is 16.7. The molecule has 0 spiro atoms. The fraction of sp³-hybridized carbons (Fsp3) is 0.440. The van der Waals surface area contributed by atoms with Crippen molar-refractivity contribution in [1.29, 1.82) is 0 Å². The molecule has 0 unspecified atom stereocenters. The molecule has 1 saturated carbocycles. The van der Waals surface area contributed by atoms with Gasteiger partial charge in [0.25, 0.3) is 0 Å². The Bertz CT molecular complexity index is 1080. The molecule has 0 radical (unpaired) electrons. The van der Waals surface area contributed by atoms with Gasteiger partial charge in [0.1, 0.15) is 5.75 Å². The van der Waals surface area contributed by atoms with E-state index in [2.05, 4.69) is 23.1 Å². The first-order chi connectivity index (χ1) is 14.2. The summed E-state index contributed by atoms with van der Waals surface area (Å²) in [4.78, 5) is 12.7. The number of piperidine rings is 1. The van der Waals surface area contributed by atoms with Crippen molar-refractivity contribution in [3.63, 3.8) is 0 Å². The van der Waals surface area contributed by atoms with Gasteiger partial charge in [-0.2, -0.15) is 0 Å². The normalized spacial score (nSPS) is 26.8. The third kappa shape index (κ3) is 3.01. The van der Waals surface area contributed by atoms with Crippen LogP contribution in [0.15, 0.2) is 48.5 Å². The summed E-state index contributed by atoms with van der Waals surface area (Å²) in [5.41, 5.74) is 5.64. The number of fused-ring (bicyclic) bond motifs is 3. The maximum atomic E-state index is 10.2. The fourth-order valence-electron chi connectivity index (χ4n) is 5.67. The van der Waals surface area contributed by atoms with E-state index in [9.17, 15) is 5.11 Å². The Morgan fingerprint density at radius 2 is 1.79 bits per heavy atom. The summed E-state index contributed by atoms with van der Waals surface area (Å²) in [6, 6.07) is 16.2. The molecule has 2 aliphatic carbocycles. The molecular weight excluding hydrogens is 358 g/mol. The van der Waals surface area contributed by atoms with Crippen LogP contribution >= 0.6 is 0 Å². The molecule has 2 fully saturated rings. The number of hydrogen-bond acceptors (Lipinski definition) is 4. The molecule has 2 aromatic carbocycles. The highest BCUT2D eigenvalue weighted by molar-refractivity contribution is 5.74. The van der Waals surface area contributed by atoms with E-state index in [1.54, 1.807) is 6.07 Å². The molecule has 2 heterocycles. The van der Waals surface area contributed by atoms with E-state index in [0.717, 1.165) is 55.0 Å². The Morgan fingerprint density at radius 3 is 2.55 bits per heavy atom. The standard InChI is InChI=1S/C25H27N3O/c29-20-5-3-4-18(12-20)25-10-11-28(15-17-8-9-17)16-19(25)13-23-24(14-25)27-22-7-2-1-6-21(22)26-23/h1-7,12,17,19,29H,8-11,13-16H2/t19-,25+/m0/s1. The van der Waals surface area contributed by atoms with Crippen LogP contribution < -0.4 is 0 Å². The largest absolute Gasteiger partial charge is 0.508 e. The van der Waals surface area contributed by atoms with Gasteiger partial charge in [0.05, 0.1) is 22.4 Å². The number of phenolic OH excluding ortho intramolecular Hbond substituents is 1. The first-order valence-electron chi connectivity index (χ1n) is 11.0. The third-order valence-corrected chi connectivity index (χ3v) is 7.42. The van der Waals surface area contributed by atoms with Crippen LogP contribution in [0.4, 0.5) is 0 Å². The number of aromatic hydroxyl groups is 1. The number of para-hydroxylation sites is 2. The number of aromatic nitrogens is 2. The van der Waals surface area contributed by atoms with Gasteiger partial charge in [-0.1, -0.05) is 24.3 Å². The zero-order valence-electron chi connectivity index (χ0n) is 16.7. The minimum absolute atomic E-state index is 0.0446. The van der Waals surface area contributed by atoms with E-state index in [1.165, 1.54) is 30.6 Å². The molecule has 0 amide bonds. The second-order valence-corrected chi connectivity index (χ2v) is 9.34. The molecule has 29 heavy (non-hydrogen) atoms. The van der Waals surface area contributed by atoms with Gasteiger partial charge in [0.15, 0.2) is 0 Å². The van der Waals surface area contributed by atoms with Crippen molar-refractivity contribution in [3.8, 4) is 5.75 Å². The molecule has 4 heteroatoms. The van der Waals surface area contributed by atoms with Crippen molar-refractivity contribution in [2.45, 2.75) is 37.5 Å². The minimum atomic E-state index is 0.0446. The van der Waals surface area contributed by atoms with Gasteiger partial charge in [-0.05, 0) is 73.9 Å². The van der Waals surface area contributed by atoms with Crippen LogP contribution in [0.5, 0.6) is 5.75 Å². The van der Waals surface area contributed by atoms with Crippen molar-refractivity contribution in [3.05, 3.63) is 65.5 Å². The fourth-order valence-corrected chi connectivity index (χ4v) is 5.67. The number of hydrogen-bond donors (Lipinski definition) is 1. The molecule has 1 N–H and O–H groups in total. The molecular formula is C25H27N3O. The number of rotatable bonds is 3. The van der Waals surface area contributed by atoms with Gasteiger partial charge in [-0.3, -0.25) is 0 Å². The topological polar surface area (TPSA) is 49.2 Å². The Morgan fingerprint density at radius 1 is 1.00 bits per heavy atom. The molecule has 2 atom stereocenters. The first-order valence-corrected chi connectivity index (χ1v) is 11.0. The highest BCUT2D eigenvalue weighted by Crippen LogP contribution is 2.48. The van der Waals surface area contributed by atoms with Crippen molar-refractivity contribution >= 4 is 11.0 Å². The molecule has 1 aliphatic heterocycles. The van der Waals surface area contributed by atoms with Crippen LogP contribution in [0.2, 0.25) is 0 Å². The Labute approximate surface area is 171 Å². The summed E-state index contributed by atoms with van der Waals surface area (Å²) in [7, 11) is 0. The molecule has 6 rings (SSSR count). The summed E-state index contributed by atoms with van der Waals surface area (Å²) in [5, 5.41) is 10.2. The number of phenols is 1. The number of likely N-dealkylation sites (tertiary alicyclic amines) is 1. The maximum absolute atomic E-state index is 10.2. The highest BCUT2D eigenvalue weighted by atomic mass is 16.3. The molecule has 4 nitrogen and oxygen atoms in total. The predicted molar refractivity (Wildman–Crippen MR) is 114 cm³/mol. The Hall–Kier alpha value is -2.46. The minimum Gasteiger partial charge on any atom is -0.508 e. The lowest BCUT2D eigenvalue weighted by Gasteiger charge is -2.51. The van der Waals surface area contributed by atoms with E-state index in [-0.39, 0.29) is 5.41 Å². The molecule has 1 saturated heterocycles. The summed E-state index contributed by atoms with van der Waals surface area (Å²) < 4.78 is 0. The van der Waals surface area contributed by atoms with E-state index >= 15 is 0 Å². The average molecular weight is 386 g/mol. The lowest BCUT2D eigenvalue weighted by molar-refractivity contribution is 0.0767. The second kappa shape index (κ2) is 6.53. The number of nitrogens with zero attached hydrogens (tertiary/aromatic N) is 3. The maximum Gasteiger partial charge on any atom is 0.115 e. The number of benzene rings is 2. The van der Waals surface area contributed by atoms with Gasteiger partial charge in [-0.15, -0.1) is 0 Å². The van der Waals surface area contributed by atoms with Crippen LogP contribution in [0.3, 0.4) is 0 Å². The summed E-state index contributed by atoms with van der Waals surface area (Å²) >= 11 is 0. The van der Waals surface area contributed by atoms with Crippen LogP contribution in [0.1, 0.15) is 36.2 Å². The van der Waals surface area contributed by atoms with Crippen molar-refractivity contribution in [1.82, 2.24) is 14.9 Å². The van der Waals surface area contributed by atoms with E-state index < -0.39 is 0 Å². The SMILES string of the molecule is Oc1cccc([C@]23CCN(CC4CC4)C[C@@H]2Cc2nc4ccccc4nc2C3)c1. The summed E-state index contributed by atoms with van der Waals surface area (Å²) in [6.07, 6.45) is 5.83. The third-order valence-electron chi connectivity index (χ3n) is 7.42. The molecule has 148 valence electrons. The second-order valence-electron chi connectivity index (χ2n) is 9.34. The van der Waals surface area contributed by atoms with Gasteiger partial charge in [0, 0.05) is 24.9 Å². The van der Waals surface area contributed by atoms with Gasteiger partial charge >= 0.3 is 0 Å². The quantitative estimate of drug-likeness (QED) is 0.737. The lowest BCUT2D eigenvalue weighted by atomic mass is 9.59. The highest BCUT2D eigenvalue weighted by Gasteiger charge is 2.48. The van der Waals surface area contributed by atoms with Crippen molar-refractivity contribution < 1.29 is 5.11 Å².